The number of aliphatic hydroxyl groups excluding tert-OH is 1. The zero-order valence-corrected chi connectivity index (χ0v) is 13.2. The van der Waals surface area contributed by atoms with E-state index in [1.54, 1.807) is 18.2 Å². The van der Waals surface area contributed by atoms with E-state index in [2.05, 4.69) is 5.32 Å². The molecule has 1 heterocycles. The highest BCUT2D eigenvalue weighted by Gasteiger charge is 2.48. The van der Waals surface area contributed by atoms with E-state index in [0.29, 0.717) is 5.92 Å². The highest BCUT2D eigenvalue weighted by Crippen LogP contribution is 2.29. The molecule has 0 amide bonds. The summed E-state index contributed by atoms with van der Waals surface area (Å²) in [4.78, 5) is 0.178. The Morgan fingerprint density at radius 1 is 1.27 bits per heavy atom. The Labute approximate surface area is 130 Å². The SMILES string of the molecule is O=S(=O)(c1ccccc1)N1C[C@@H](O)[C@](O)(CNCC2CC2)C1. The maximum Gasteiger partial charge on any atom is 0.243 e. The number of rotatable bonds is 6. The summed E-state index contributed by atoms with van der Waals surface area (Å²) in [7, 11) is -3.69. The Hall–Kier alpha value is -0.990. The summed E-state index contributed by atoms with van der Waals surface area (Å²) in [5.74, 6) is 0.659. The molecule has 2 aliphatic rings. The van der Waals surface area contributed by atoms with E-state index in [1.165, 1.54) is 25.0 Å². The third kappa shape index (κ3) is 3.18. The van der Waals surface area contributed by atoms with Gasteiger partial charge >= 0.3 is 0 Å². The molecule has 0 unspecified atom stereocenters. The van der Waals surface area contributed by atoms with Crippen LogP contribution in [-0.4, -0.2) is 60.8 Å². The third-order valence-corrected chi connectivity index (χ3v) is 6.21. The van der Waals surface area contributed by atoms with Gasteiger partial charge in [0, 0.05) is 19.6 Å². The molecule has 22 heavy (non-hydrogen) atoms. The first-order valence-corrected chi connectivity index (χ1v) is 9.02. The number of aliphatic hydroxyl groups is 2. The van der Waals surface area contributed by atoms with Crippen molar-refractivity contribution in [1.29, 1.82) is 0 Å². The zero-order chi connectivity index (χ0) is 15.8. The maximum absolute atomic E-state index is 12.5. The van der Waals surface area contributed by atoms with Crippen LogP contribution < -0.4 is 5.32 Å². The molecule has 122 valence electrons. The van der Waals surface area contributed by atoms with Gasteiger partial charge in [0.2, 0.25) is 10.0 Å². The van der Waals surface area contributed by atoms with E-state index in [9.17, 15) is 18.6 Å². The average Bonchev–Trinajstić information content (AvgIpc) is 3.26. The van der Waals surface area contributed by atoms with Crippen molar-refractivity contribution in [3.63, 3.8) is 0 Å². The number of hydrogen-bond donors (Lipinski definition) is 3. The van der Waals surface area contributed by atoms with Crippen LogP contribution in [0.5, 0.6) is 0 Å². The van der Waals surface area contributed by atoms with Gasteiger partial charge in [0.15, 0.2) is 0 Å². The van der Waals surface area contributed by atoms with E-state index in [0.717, 1.165) is 10.8 Å². The lowest BCUT2D eigenvalue weighted by Crippen LogP contribution is -2.50. The number of sulfonamides is 1. The lowest BCUT2D eigenvalue weighted by atomic mass is 10.0. The summed E-state index contributed by atoms with van der Waals surface area (Å²) in [6, 6.07) is 8.09. The highest BCUT2D eigenvalue weighted by molar-refractivity contribution is 7.89. The van der Waals surface area contributed by atoms with E-state index < -0.39 is 21.7 Å². The molecule has 1 saturated carbocycles. The van der Waals surface area contributed by atoms with Gasteiger partial charge in [-0.15, -0.1) is 0 Å². The molecule has 3 N–H and O–H groups in total. The molecule has 6 nitrogen and oxygen atoms in total. The molecular formula is C15H22N2O4S. The molecule has 2 atom stereocenters. The molecule has 1 aliphatic carbocycles. The van der Waals surface area contributed by atoms with Crippen LogP contribution in [0.25, 0.3) is 0 Å². The predicted octanol–water partition coefficient (Wildman–Crippen LogP) is -0.218. The Balaban J connectivity index is 1.68. The van der Waals surface area contributed by atoms with Gasteiger partial charge in [-0.2, -0.15) is 4.31 Å². The molecule has 0 bridgehead atoms. The largest absolute Gasteiger partial charge is 0.389 e. The lowest BCUT2D eigenvalue weighted by molar-refractivity contribution is -0.0382. The number of nitrogens with one attached hydrogen (secondary N) is 1. The second-order valence-electron chi connectivity index (χ2n) is 6.30. The molecule has 1 aromatic rings. The van der Waals surface area contributed by atoms with Crippen molar-refractivity contribution in [1.82, 2.24) is 9.62 Å². The molecule has 7 heteroatoms. The summed E-state index contributed by atoms with van der Waals surface area (Å²) >= 11 is 0. The van der Waals surface area contributed by atoms with E-state index in [1.807, 2.05) is 0 Å². The quantitative estimate of drug-likeness (QED) is 0.673. The molecule has 3 rings (SSSR count). The van der Waals surface area contributed by atoms with Gasteiger partial charge in [0.05, 0.1) is 11.0 Å². The number of hydrogen-bond acceptors (Lipinski definition) is 5. The average molecular weight is 326 g/mol. The molecule has 2 fully saturated rings. The fraction of sp³-hybridized carbons (Fsp3) is 0.600. The van der Waals surface area contributed by atoms with Crippen LogP contribution in [0, 0.1) is 5.92 Å². The van der Waals surface area contributed by atoms with Gasteiger partial charge in [-0.25, -0.2) is 8.42 Å². The van der Waals surface area contributed by atoms with Crippen molar-refractivity contribution < 1.29 is 18.6 Å². The monoisotopic (exact) mass is 326 g/mol. The van der Waals surface area contributed by atoms with Crippen LogP contribution in [0.1, 0.15) is 12.8 Å². The predicted molar refractivity (Wildman–Crippen MR) is 81.8 cm³/mol. The first-order chi connectivity index (χ1) is 10.4. The number of benzene rings is 1. The summed E-state index contributed by atoms with van der Waals surface area (Å²) in [5.41, 5.74) is -1.43. The Kier molecular flexibility index (Phi) is 4.26. The van der Waals surface area contributed by atoms with Crippen molar-refractivity contribution >= 4 is 10.0 Å². The van der Waals surface area contributed by atoms with Crippen molar-refractivity contribution in [2.45, 2.75) is 29.4 Å². The molecule has 0 spiro atoms. The Morgan fingerprint density at radius 2 is 1.95 bits per heavy atom. The summed E-state index contributed by atoms with van der Waals surface area (Å²) in [6.07, 6.45) is 1.31. The number of nitrogens with zero attached hydrogens (tertiary/aromatic N) is 1. The van der Waals surface area contributed by atoms with E-state index in [4.69, 9.17) is 0 Å². The van der Waals surface area contributed by atoms with Crippen molar-refractivity contribution in [2.24, 2.45) is 5.92 Å². The zero-order valence-electron chi connectivity index (χ0n) is 12.4. The Morgan fingerprint density at radius 3 is 2.59 bits per heavy atom. The van der Waals surface area contributed by atoms with Crippen molar-refractivity contribution in [3.05, 3.63) is 30.3 Å². The van der Waals surface area contributed by atoms with Crippen LogP contribution in [0.3, 0.4) is 0 Å². The normalized spacial score (nSPS) is 29.8. The molecule has 1 aliphatic heterocycles. The van der Waals surface area contributed by atoms with E-state index in [-0.39, 0.29) is 24.5 Å². The van der Waals surface area contributed by atoms with Gasteiger partial charge in [-0.1, -0.05) is 18.2 Å². The van der Waals surface area contributed by atoms with Crippen LogP contribution in [0.15, 0.2) is 35.2 Å². The summed E-state index contributed by atoms with van der Waals surface area (Å²) in [5, 5.41) is 23.8. The van der Waals surface area contributed by atoms with Gasteiger partial charge in [0.1, 0.15) is 5.60 Å². The van der Waals surface area contributed by atoms with Gasteiger partial charge < -0.3 is 15.5 Å². The van der Waals surface area contributed by atoms with Crippen LogP contribution in [0.4, 0.5) is 0 Å². The smallest absolute Gasteiger partial charge is 0.243 e. The lowest BCUT2D eigenvalue weighted by Gasteiger charge is -2.26. The minimum absolute atomic E-state index is 0.0845. The highest BCUT2D eigenvalue weighted by atomic mass is 32.2. The fourth-order valence-electron chi connectivity index (χ4n) is 2.75. The van der Waals surface area contributed by atoms with Gasteiger partial charge in [-0.05, 0) is 37.4 Å². The van der Waals surface area contributed by atoms with Crippen LogP contribution in [-0.2, 0) is 10.0 Å². The molecule has 1 aromatic carbocycles. The minimum atomic E-state index is -3.69. The molecular weight excluding hydrogens is 304 g/mol. The standard InChI is InChI=1S/C15H22N2O4S/c18-14-9-17(22(20,21)13-4-2-1-3-5-13)11-15(14,19)10-16-8-12-6-7-12/h1-5,12,14,16,18-19H,6-11H2/t14-,15+/m1/s1. The number of β-amino-alcohol motifs (C(OH)–C–C–N with tert-alkyl or cyclic N) is 2. The molecule has 0 radical (unpaired) electrons. The van der Waals surface area contributed by atoms with E-state index >= 15 is 0 Å². The molecule has 1 saturated heterocycles. The summed E-state index contributed by atoms with van der Waals surface area (Å²) < 4.78 is 26.2. The van der Waals surface area contributed by atoms with Crippen LogP contribution in [0.2, 0.25) is 0 Å². The van der Waals surface area contributed by atoms with Crippen LogP contribution >= 0.6 is 0 Å². The topological polar surface area (TPSA) is 89.9 Å². The second-order valence-corrected chi connectivity index (χ2v) is 8.24. The maximum atomic E-state index is 12.5. The first kappa shape index (κ1) is 15.9. The van der Waals surface area contributed by atoms with Crippen molar-refractivity contribution in [2.75, 3.05) is 26.2 Å². The molecule has 0 aromatic heterocycles. The second kappa shape index (κ2) is 5.90. The Bertz CT molecular complexity index is 618. The van der Waals surface area contributed by atoms with Gasteiger partial charge in [0.25, 0.3) is 0 Å². The van der Waals surface area contributed by atoms with Gasteiger partial charge in [-0.3, -0.25) is 0 Å². The first-order valence-electron chi connectivity index (χ1n) is 7.58. The summed E-state index contributed by atoms with van der Waals surface area (Å²) in [6.45, 7) is 0.827. The minimum Gasteiger partial charge on any atom is -0.389 e. The fourth-order valence-corrected chi connectivity index (χ4v) is 4.28. The van der Waals surface area contributed by atoms with Crippen molar-refractivity contribution in [3.8, 4) is 0 Å². The third-order valence-electron chi connectivity index (χ3n) is 4.39.